The monoisotopic (exact) mass is 882 g/mol. The van der Waals surface area contributed by atoms with E-state index in [0.717, 1.165) is 130 Å². The van der Waals surface area contributed by atoms with Crippen LogP contribution in [0.15, 0.2) is 106 Å². The van der Waals surface area contributed by atoms with Gasteiger partial charge < -0.3 is 33.3 Å². The molecule has 338 valence electrons. The van der Waals surface area contributed by atoms with E-state index in [1.165, 1.54) is 45.8 Å². The summed E-state index contributed by atoms with van der Waals surface area (Å²) < 4.78 is 16.4. The van der Waals surface area contributed by atoms with Crippen LogP contribution in [0.3, 0.4) is 0 Å². The molecule has 0 atom stereocenters. The summed E-state index contributed by atoms with van der Waals surface area (Å²) in [5.41, 5.74) is 10.4. The van der Waals surface area contributed by atoms with Crippen LogP contribution < -0.4 is 9.80 Å². The van der Waals surface area contributed by atoms with E-state index in [2.05, 4.69) is 90.5 Å². The molecule has 0 spiro atoms. The van der Waals surface area contributed by atoms with Gasteiger partial charge in [0.1, 0.15) is 16.9 Å². The maximum Gasteiger partial charge on any atom is 0.374 e. The Labute approximate surface area is 385 Å². The number of nitriles is 2. The van der Waals surface area contributed by atoms with E-state index in [4.69, 9.17) is 18.8 Å². The van der Waals surface area contributed by atoms with Gasteiger partial charge in [-0.1, -0.05) is 0 Å². The lowest BCUT2D eigenvalue weighted by Gasteiger charge is -2.36. The van der Waals surface area contributed by atoms with Gasteiger partial charge in [-0.3, -0.25) is 9.80 Å². The molecule has 2 saturated heterocycles. The maximum atomic E-state index is 12.0. The predicted molar refractivity (Wildman–Crippen MR) is 262 cm³/mol. The average molecular weight is 883 g/mol. The fourth-order valence-electron chi connectivity index (χ4n) is 9.56. The predicted octanol–water partition coefficient (Wildman–Crippen LogP) is 10.3. The molecule has 8 aromatic rings. The lowest BCUT2D eigenvalue weighted by Crippen LogP contribution is -2.46. The largest absolute Gasteiger partial charge is 0.461 e. The zero-order chi connectivity index (χ0) is 45.4. The van der Waals surface area contributed by atoms with Crippen LogP contribution in [0, 0.1) is 29.6 Å². The number of carbonyl (C=O) groups is 1. The van der Waals surface area contributed by atoms with Gasteiger partial charge in [-0.25, -0.2) is 4.79 Å². The van der Waals surface area contributed by atoms with Gasteiger partial charge in [0.15, 0.2) is 0 Å². The third kappa shape index (κ3) is 10.3. The Morgan fingerprint density at radius 2 is 1.12 bits per heavy atom. The summed E-state index contributed by atoms with van der Waals surface area (Å²) in [5, 5.41) is 22.8. The van der Waals surface area contributed by atoms with Crippen LogP contribution in [0.5, 0.6) is 0 Å². The van der Waals surface area contributed by atoms with Gasteiger partial charge in [0, 0.05) is 109 Å². The molecule has 12 nitrogen and oxygen atoms in total. The number of rotatable bonds is 14. The van der Waals surface area contributed by atoms with Gasteiger partial charge in [0.2, 0.25) is 5.76 Å². The van der Waals surface area contributed by atoms with Gasteiger partial charge >= 0.3 is 5.97 Å². The number of anilines is 2. The van der Waals surface area contributed by atoms with Crippen LogP contribution in [-0.4, -0.2) is 97.8 Å². The summed E-state index contributed by atoms with van der Waals surface area (Å²) in [6.45, 7) is 14.8. The minimum atomic E-state index is -0.421. The Morgan fingerprint density at radius 1 is 0.621 bits per heavy atom. The summed E-state index contributed by atoms with van der Waals surface area (Å²) in [6.07, 6.45) is 10.9. The molecular formula is C54H58N8O4. The second kappa shape index (κ2) is 20.5. The van der Waals surface area contributed by atoms with Crippen LogP contribution in [0.4, 0.5) is 11.4 Å². The van der Waals surface area contributed by atoms with Crippen LogP contribution in [0.1, 0.15) is 71.2 Å². The maximum absolute atomic E-state index is 12.0. The Kier molecular flexibility index (Phi) is 13.7. The number of benzene rings is 4. The van der Waals surface area contributed by atoms with Crippen molar-refractivity contribution in [1.82, 2.24) is 19.8 Å². The Balaban J connectivity index is 0.000000167. The molecule has 6 heterocycles. The van der Waals surface area contributed by atoms with E-state index in [1.54, 1.807) is 13.0 Å². The number of fused-ring (bicyclic) bond motifs is 4. The number of carbonyl (C=O) groups excluding carboxylic acids is 1. The third-order valence-corrected chi connectivity index (χ3v) is 13.2. The van der Waals surface area contributed by atoms with Crippen molar-refractivity contribution >= 4 is 61.1 Å². The number of hydrogen-bond acceptors (Lipinski definition) is 10. The quantitative estimate of drug-likeness (QED) is 0.0800. The minimum absolute atomic E-state index is 0.252. The van der Waals surface area contributed by atoms with Gasteiger partial charge in [0.05, 0.1) is 29.9 Å². The van der Waals surface area contributed by atoms with Crippen molar-refractivity contribution in [2.75, 3.05) is 81.9 Å². The van der Waals surface area contributed by atoms with Crippen molar-refractivity contribution in [3.63, 3.8) is 0 Å². The second-order valence-electron chi connectivity index (χ2n) is 17.6. The Bertz CT molecular complexity index is 3020. The molecule has 4 aromatic carbocycles. The number of piperazine rings is 2. The van der Waals surface area contributed by atoms with Gasteiger partial charge in [0.25, 0.3) is 0 Å². The molecule has 0 saturated carbocycles. The zero-order valence-electron chi connectivity index (χ0n) is 38.1. The highest BCUT2D eigenvalue weighted by Crippen LogP contribution is 2.29. The molecule has 0 unspecified atom stereocenters. The second-order valence-corrected chi connectivity index (χ2v) is 17.6. The topological polar surface area (TPSA) is 145 Å². The highest BCUT2D eigenvalue weighted by molar-refractivity contribution is 5.93. The van der Waals surface area contributed by atoms with Crippen molar-refractivity contribution < 1.29 is 18.4 Å². The molecule has 66 heavy (non-hydrogen) atoms. The standard InChI is InChI=1S/C28H30N4O3.C26H28N4O/c1-2-34-28(33)27-17-22-16-23(7-9-26(22)35-27)32-13-11-31(12-14-32)10-4-3-5-21-19-30-25-8-6-20(18-29)15-24(21)25;1-19-14-22-16-23(6-8-26(22)31-19)30-12-10-29(11-13-30)9-3-2-4-21-18-28-25-7-5-20(17-27)15-24(21)25/h6-9,15-17,19,30H,2-5,10-14H2,1H3;5-8,14-16,18,28H,2-4,9-13H2,1H3. The SMILES string of the molecule is CCOC(=O)c1cc2cc(N3CCN(CCCCc4c[nH]c5ccc(C#N)cc45)CC3)ccc2o1.Cc1cc2cc(N3CCN(CCCCc4c[nH]c5ccc(C#N)cc45)CC3)ccc2o1. The van der Waals surface area contributed by atoms with Crippen molar-refractivity contribution in [3.8, 4) is 12.1 Å². The van der Waals surface area contributed by atoms with Crippen LogP contribution in [0.2, 0.25) is 0 Å². The third-order valence-electron chi connectivity index (χ3n) is 13.2. The fraction of sp³-hybridized carbons (Fsp3) is 0.352. The number of esters is 1. The number of furan rings is 2. The number of nitrogens with zero attached hydrogens (tertiary/aromatic N) is 6. The lowest BCUT2D eigenvalue weighted by molar-refractivity contribution is 0.0492. The molecule has 0 amide bonds. The van der Waals surface area contributed by atoms with Crippen molar-refractivity contribution in [2.45, 2.75) is 52.4 Å². The summed E-state index contributed by atoms with van der Waals surface area (Å²) in [7, 11) is 0. The number of aromatic nitrogens is 2. The lowest BCUT2D eigenvalue weighted by atomic mass is 10.1. The summed E-state index contributed by atoms with van der Waals surface area (Å²) in [6, 6.07) is 32.7. The molecule has 4 aromatic heterocycles. The Morgan fingerprint density at radius 3 is 1.62 bits per heavy atom. The first-order valence-electron chi connectivity index (χ1n) is 23.5. The number of unbranched alkanes of at least 4 members (excludes halogenated alkanes) is 2. The number of ether oxygens (including phenoxy) is 1. The summed E-state index contributed by atoms with van der Waals surface area (Å²) in [5.74, 6) is 0.799. The van der Waals surface area contributed by atoms with E-state index in [9.17, 15) is 10.1 Å². The normalized spacial score (nSPS) is 14.7. The van der Waals surface area contributed by atoms with E-state index < -0.39 is 5.97 Å². The smallest absolute Gasteiger partial charge is 0.374 e. The first kappa shape index (κ1) is 44.2. The Hall–Kier alpha value is -6.99. The number of hydrogen-bond donors (Lipinski definition) is 2. The van der Waals surface area contributed by atoms with Crippen molar-refractivity contribution in [2.24, 2.45) is 0 Å². The van der Waals surface area contributed by atoms with E-state index in [0.29, 0.717) is 17.8 Å². The van der Waals surface area contributed by atoms with E-state index in [1.807, 2.05) is 49.4 Å². The number of aromatic amines is 2. The molecule has 0 bridgehead atoms. The molecular weight excluding hydrogens is 825 g/mol. The van der Waals surface area contributed by atoms with Gasteiger partial charge in [-0.15, -0.1) is 0 Å². The first-order valence-corrected chi connectivity index (χ1v) is 23.5. The average Bonchev–Trinajstić information content (AvgIpc) is 4.16. The zero-order valence-corrected chi connectivity index (χ0v) is 38.1. The molecule has 2 aliphatic heterocycles. The van der Waals surface area contributed by atoms with Crippen molar-refractivity contribution in [3.05, 3.63) is 131 Å². The molecule has 0 radical (unpaired) electrons. The highest BCUT2D eigenvalue weighted by Gasteiger charge is 2.20. The molecule has 2 N–H and O–H groups in total. The van der Waals surface area contributed by atoms with Gasteiger partial charge in [-0.05, 0) is 162 Å². The van der Waals surface area contributed by atoms with E-state index in [-0.39, 0.29) is 5.76 Å². The molecule has 12 heteroatoms. The van der Waals surface area contributed by atoms with Crippen LogP contribution in [0.25, 0.3) is 43.7 Å². The fourth-order valence-corrected chi connectivity index (χ4v) is 9.56. The molecule has 2 fully saturated rings. The first-order chi connectivity index (χ1) is 32.3. The summed E-state index contributed by atoms with van der Waals surface area (Å²) in [4.78, 5) is 28.6. The summed E-state index contributed by atoms with van der Waals surface area (Å²) >= 11 is 0. The van der Waals surface area contributed by atoms with Crippen molar-refractivity contribution in [1.29, 1.82) is 10.5 Å². The number of aryl methyl sites for hydroxylation is 3. The minimum Gasteiger partial charge on any atom is -0.461 e. The van der Waals surface area contributed by atoms with Crippen LogP contribution >= 0.6 is 0 Å². The van der Waals surface area contributed by atoms with E-state index >= 15 is 0 Å². The van der Waals surface area contributed by atoms with Crippen LogP contribution in [-0.2, 0) is 17.6 Å². The molecule has 2 aliphatic rings. The number of nitrogens with one attached hydrogen (secondary N) is 2. The highest BCUT2D eigenvalue weighted by atomic mass is 16.5. The number of H-pyrrole nitrogens is 2. The van der Waals surface area contributed by atoms with Gasteiger partial charge in [-0.2, -0.15) is 10.5 Å². The molecule has 0 aliphatic carbocycles. The molecule has 10 rings (SSSR count).